The fraction of sp³-hybridized carbons (Fsp3) is 0.700. The molecule has 0 amide bonds. The molecule has 1 N–H and O–H groups in total. The fourth-order valence-electron chi connectivity index (χ4n) is 1.29. The van der Waals surface area contributed by atoms with Crippen molar-refractivity contribution in [3.63, 3.8) is 0 Å². The van der Waals surface area contributed by atoms with Gasteiger partial charge in [0.1, 0.15) is 13.0 Å². The van der Waals surface area contributed by atoms with Gasteiger partial charge in [0.15, 0.2) is 6.10 Å². The molecule has 0 heterocycles. The van der Waals surface area contributed by atoms with E-state index >= 15 is 0 Å². The summed E-state index contributed by atoms with van der Waals surface area (Å²) in [7, 11) is 5.40. The summed E-state index contributed by atoms with van der Waals surface area (Å²) in [6.45, 7) is 0.263. The number of rotatable bonds is 7. The number of carboxylic acids is 2. The van der Waals surface area contributed by atoms with Gasteiger partial charge in [-0.25, -0.2) is 0 Å². The molecule has 0 bridgehead atoms. The summed E-state index contributed by atoms with van der Waals surface area (Å²) in [5, 5.41) is 18.9. The van der Waals surface area contributed by atoms with Gasteiger partial charge in [0.25, 0.3) is 0 Å². The largest absolute Gasteiger partial charge is 0.550 e. The predicted octanol–water partition coefficient (Wildman–Crippen LogP) is -1.78. The molecule has 0 aliphatic rings. The van der Waals surface area contributed by atoms with Gasteiger partial charge in [-0.2, -0.15) is 0 Å². The van der Waals surface area contributed by atoms with E-state index in [1.54, 1.807) is 21.1 Å². The van der Waals surface area contributed by atoms with Crippen molar-refractivity contribution < 1.29 is 33.8 Å². The Morgan fingerprint density at radius 1 is 1.29 bits per heavy atom. The second-order valence-corrected chi connectivity index (χ2v) is 4.73. The number of aliphatic carboxylic acids is 2. The molecule has 0 aromatic rings. The van der Waals surface area contributed by atoms with Gasteiger partial charge >= 0.3 is 11.9 Å². The van der Waals surface area contributed by atoms with E-state index in [1.165, 1.54) is 0 Å². The van der Waals surface area contributed by atoms with Gasteiger partial charge < -0.3 is 24.2 Å². The van der Waals surface area contributed by atoms with Crippen molar-refractivity contribution >= 4 is 17.9 Å². The number of esters is 1. The number of likely N-dealkylation sites (N-methyl/N-ethyl adjacent to an activating group) is 1. The maximum Gasteiger partial charge on any atom is 0.317 e. The molecule has 0 radical (unpaired) electrons. The second kappa shape index (κ2) is 6.19. The van der Waals surface area contributed by atoms with Gasteiger partial charge in [0, 0.05) is 12.4 Å². The zero-order valence-corrected chi connectivity index (χ0v) is 10.1. The molecule has 98 valence electrons. The van der Waals surface area contributed by atoms with Crippen molar-refractivity contribution in [2.24, 2.45) is 0 Å². The van der Waals surface area contributed by atoms with Gasteiger partial charge in [-0.15, -0.1) is 0 Å². The summed E-state index contributed by atoms with van der Waals surface area (Å²) in [6, 6.07) is 0. The van der Waals surface area contributed by atoms with E-state index in [9.17, 15) is 19.5 Å². The minimum Gasteiger partial charge on any atom is -0.550 e. The molecule has 0 aromatic heterocycles. The number of hydrogen-bond acceptors (Lipinski definition) is 5. The van der Waals surface area contributed by atoms with Crippen LogP contribution in [0.4, 0.5) is 0 Å². The van der Waals surface area contributed by atoms with E-state index in [-0.39, 0.29) is 6.54 Å². The first-order valence-corrected chi connectivity index (χ1v) is 5.01. The summed E-state index contributed by atoms with van der Waals surface area (Å²) >= 11 is 0. The highest BCUT2D eigenvalue weighted by atomic mass is 16.5. The average molecular weight is 247 g/mol. The lowest BCUT2D eigenvalue weighted by molar-refractivity contribution is -0.873. The molecule has 0 aliphatic heterocycles. The van der Waals surface area contributed by atoms with E-state index < -0.39 is 36.9 Å². The lowest BCUT2D eigenvalue weighted by atomic mass is 10.2. The first-order valence-electron chi connectivity index (χ1n) is 5.01. The summed E-state index contributed by atoms with van der Waals surface area (Å²) < 4.78 is 5.18. The monoisotopic (exact) mass is 247 g/mol. The molecular weight excluding hydrogens is 230 g/mol. The van der Waals surface area contributed by atoms with E-state index in [4.69, 9.17) is 9.84 Å². The highest BCUT2D eigenvalue weighted by molar-refractivity contribution is 5.90. The third-order valence-electron chi connectivity index (χ3n) is 1.74. The van der Waals surface area contributed by atoms with Crippen LogP contribution in [0.25, 0.3) is 0 Å². The molecule has 17 heavy (non-hydrogen) atoms. The quantitative estimate of drug-likeness (QED) is 0.324. The molecular formula is C10H17NO6. The molecule has 0 aliphatic carbocycles. The van der Waals surface area contributed by atoms with Crippen LogP contribution in [0.5, 0.6) is 0 Å². The SMILES string of the molecule is C[N+](C)(C)C[C@@H](CC(=O)[O-])OC(=O)CC(=O)O. The van der Waals surface area contributed by atoms with E-state index in [0.717, 1.165) is 0 Å². The Morgan fingerprint density at radius 3 is 2.18 bits per heavy atom. The number of carbonyl (C=O) groups is 3. The van der Waals surface area contributed by atoms with E-state index in [0.29, 0.717) is 4.48 Å². The van der Waals surface area contributed by atoms with E-state index in [1.807, 2.05) is 0 Å². The van der Waals surface area contributed by atoms with Gasteiger partial charge in [-0.3, -0.25) is 9.59 Å². The summed E-state index contributed by atoms with van der Waals surface area (Å²) in [5.41, 5.74) is 0. The van der Waals surface area contributed by atoms with Crippen molar-refractivity contribution in [3.8, 4) is 0 Å². The Bertz CT molecular complexity index is 306. The molecule has 7 heteroatoms. The van der Waals surface area contributed by atoms with Crippen molar-refractivity contribution in [1.29, 1.82) is 0 Å². The zero-order valence-electron chi connectivity index (χ0n) is 10.1. The van der Waals surface area contributed by atoms with Crippen molar-refractivity contribution in [2.45, 2.75) is 18.9 Å². The van der Waals surface area contributed by atoms with Crippen LogP contribution in [0.3, 0.4) is 0 Å². The van der Waals surface area contributed by atoms with Gasteiger partial charge in [0.05, 0.1) is 21.1 Å². The van der Waals surface area contributed by atoms with Gasteiger partial charge in [-0.1, -0.05) is 0 Å². The van der Waals surface area contributed by atoms with Crippen LogP contribution in [0.1, 0.15) is 12.8 Å². The molecule has 0 aromatic carbocycles. The Hall–Kier alpha value is -1.63. The van der Waals surface area contributed by atoms with Crippen LogP contribution >= 0.6 is 0 Å². The normalized spacial score (nSPS) is 12.9. The predicted molar refractivity (Wildman–Crippen MR) is 54.7 cm³/mol. The van der Waals surface area contributed by atoms with Crippen molar-refractivity contribution in [3.05, 3.63) is 0 Å². The fourth-order valence-corrected chi connectivity index (χ4v) is 1.29. The summed E-state index contributed by atoms with van der Waals surface area (Å²) in [4.78, 5) is 31.8. The van der Waals surface area contributed by atoms with Crippen molar-refractivity contribution in [2.75, 3.05) is 27.7 Å². The lowest BCUT2D eigenvalue weighted by Gasteiger charge is -2.29. The Labute approximate surface area is 99.2 Å². The zero-order chi connectivity index (χ0) is 13.6. The molecule has 0 unspecified atom stereocenters. The number of ether oxygens (including phenoxy) is 1. The number of nitrogens with zero attached hydrogens (tertiary/aromatic N) is 1. The van der Waals surface area contributed by atoms with Crippen LogP contribution in [0.2, 0.25) is 0 Å². The third kappa shape index (κ3) is 9.31. The summed E-state index contributed by atoms with van der Waals surface area (Å²) in [5.74, 6) is -3.60. The third-order valence-corrected chi connectivity index (χ3v) is 1.74. The Balaban J connectivity index is 4.43. The molecule has 7 nitrogen and oxygen atoms in total. The van der Waals surface area contributed by atoms with Gasteiger partial charge in [0.2, 0.25) is 0 Å². The first kappa shape index (κ1) is 15.4. The van der Waals surface area contributed by atoms with Crippen LogP contribution in [0.15, 0.2) is 0 Å². The van der Waals surface area contributed by atoms with Crippen LogP contribution in [-0.2, 0) is 19.1 Å². The lowest BCUT2D eigenvalue weighted by Crippen LogP contribution is -2.45. The number of quaternary nitrogens is 1. The topological polar surface area (TPSA) is 104 Å². The minimum atomic E-state index is -1.34. The highest BCUT2D eigenvalue weighted by Crippen LogP contribution is 2.05. The number of carboxylic acid groups (broad SMARTS) is 2. The molecule has 0 saturated carbocycles. The maximum atomic E-state index is 11.1. The minimum absolute atomic E-state index is 0.263. The van der Waals surface area contributed by atoms with Crippen molar-refractivity contribution in [1.82, 2.24) is 0 Å². The molecule has 0 rings (SSSR count). The number of carbonyl (C=O) groups excluding carboxylic acids is 2. The smallest absolute Gasteiger partial charge is 0.317 e. The van der Waals surface area contributed by atoms with E-state index in [2.05, 4.69) is 0 Å². The molecule has 0 spiro atoms. The first-order chi connectivity index (χ1) is 7.60. The molecule has 0 saturated heterocycles. The van der Waals surface area contributed by atoms with Crippen LogP contribution < -0.4 is 5.11 Å². The standard InChI is InChI=1S/C10H17NO6/c1-11(2,3)6-7(4-8(12)13)17-10(16)5-9(14)15/h7H,4-6H2,1-3H3,(H-,12,13,14,15)/t7-/m1/s1. The summed E-state index contributed by atoms with van der Waals surface area (Å²) in [6.07, 6.45) is -2.10. The van der Waals surface area contributed by atoms with Crippen LogP contribution in [0, 0.1) is 0 Å². The average Bonchev–Trinajstić information content (AvgIpc) is 1.95. The van der Waals surface area contributed by atoms with Gasteiger partial charge in [-0.05, 0) is 0 Å². The highest BCUT2D eigenvalue weighted by Gasteiger charge is 2.23. The Morgan fingerprint density at radius 2 is 1.82 bits per heavy atom. The second-order valence-electron chi connectivity index (χ2n) is 4.73. The molecule has 0 fully saturated rings. The maximum absolute atomic E-state index is 11.1. The number of hydrogen-bond donors (Lipinski definition) is 1. The Kier molecular flexibility index (Phi) is 5.60. The van der Waals surface area contributed by atoms with Crippen LogP contribution in [-0.4, -0.2) is 61.3 Å². The molecule has 1 atom stereocenters.